The molecule has 0 bridgehead atoms. The van der Waals surface area contributed by atoms with Crippen molar-refractivity contribution in [2.75, 3.05) is 20.0 Å². The van der Waals surface area contributed by atoms with Crippen LogP contribution in [-0.2, 0) is 9.47 Å². The topological polar surface area (TPSA) is 104 Å². The number of aromatic nitrogens is 2. The first-order valence-electron chi connectivity index (χ1n) is 3.89. The van der Waals surface area contributed by atoms with Crippen molar-refractivity contribution in [3.05, 3.63) is 17.5 Å². The van der Waals surface area contributed by atoms with E-state index in [1.165, 1.54) is 14.2 Å². The Morgan fingerprint density at radius 3 is 1.87 bits per heavy atom. The maximum Gasteiger partial charge on any atom is 0.356 e. The van der Waals surface area contributed by atoms with E-state index in [9.17, 15) is 9.59 Å². The van der Waals surface area contributed by atoms with Gasteiger partial charge in [-0.15, -0.1) is 0 Å². The van der Waals surface area contributed by atoms with Crippen molar-refractivity contribution in [2.24, 2.45) is 0 Å². The van der Waals surface area contributed by atoms with Crippen molar-refractivity contribution in [3.8, 4) is 0 Å². The quantitative estimate of drug-likeness (QED) is 0.665. The molecule has 2 N–H and O–H groups in total. The molecule has 1 heterocycles. The number of nitrogen functional groups attached to an aromatic ring is 1. The number of nitrogens with zero attached hydrogens (tertiary/aromatic N) is 2. The van der Waals surface area contributed by atoms with Gasteiger partial charge in [0.05, 0.1) is 14.2 Å². The van der Waals surface area contributed by atoms with Gasteiger partial charge < -0.3 is 15.2 Å². The molecule has 15 heavy (non-hydrogen) atoms. The van der Waals surface area contributed by atoms with E-state index in [0.29, 0.717) is 0 Å². The summed E-state index contributed by atoms with van der Waals surface area (Å²) in [5.41, 5.74) is 5.12. The fourth-order valence-electron chi connectivity index (χ4n) is 0.884. The summed E-state index contributed by atoms with van der Waals surface area (Å²) >= 11 is 0. The Balaban J connectivity index is 3.16. The van der Waals surface area contributed by atoms with E-state index >= 15 is 0 Å². The maximum absolute atomic E-state index is 11.1. The molecule has 0 fully saturated rings. The third-order valence-corrected chi connectivity index (χ3v) is 1.53. The standard InChI is InChI=1S/C8H9N3O4/c1-14-6(12)4-3-5(7(13)15-2)11-8(9)10-4/h3H,1-2H3,(H2,9,10,11). The fourth-order valence-corrected chi connectivity index (χ4v) is 0.884. The summed E-state index contributed by atoms with van der Waals surface area (Å²) in [6.07, 6.45) is 0. The Morgan fingerprint density at radius 2 is 1.53 bits per heavy atom. The highest BCUT2D eigenvalue weighted by Gasteiger charge is 2.15. The molecule has 1 aromatic rings. The predicted octanol–water partition coefficient (Wildman–Crippen LogP) is -0.368. The van der Waals surface area contributed by atoms with Gasteiger partial charge in [-0.25, -0.2) is 19.6 Å². The minimum Gasteiger partial charge on any atom is -0.464 e. The second-order valence-electron chi connectivity index (χ2n) is 2.48. The molecule has 0 aliphatic carbocycles. The highest BCUT2D eigenvalue weighted by Crippen LogP contribution is 2.05. The molecule has 0 aromatic carbocycles. The summed E-state index contributed by atoms with van der Waals surface area (Å²) in [6.45, 7) is 0. The first kappa shape index (κ1) is 10.9. The van der Waals surface area contributed by atoms with Crippen LogP contribution in [0.25, 0.3) is 0 Å². The van der Waals surface area contributed by atoms with Gasteiger partial charge in [0.2, 0.25) is 5.95 Å². The van der Waals surface area contributed by atoms with Gasteiger partial charge in [0, 0.05) is 6.07 Å². The van der Waals surface area contributed by atoms with E-state index < -0.39 is 11.9 Å². The minimum absolute atomic E-state index is 0.0922. The van der Waals surface area contributed by atoms with Gasteiger partial charge in [-0.05, 0) is 0 Å². The van der Waals surface area contributed by atoms with E-state index in [1.807, 2.05) is 0 Å². The van der Waals surface area contributed by atoms with Crippen molar-refractivity contribution < 1.29 is 19.1 Å². The zero-order valence-electron chi connectivity index (χ0n) is 8.18. The number of anilines is 1. The van der Waals surface area contributed by atoms with Crippen LogP contribution in [0.2, 0.25) is 0 Å². The van der Waals surface area contributed by atoms with Crippen LogP contribution in [0.15, 0.2) is 6.07 Å². The Labute approximate surface area is 85.2 Å². The summed E-state index contributed by atoms with van der Waals surface area (Å²) in [4.78, 5) is 29.4. The Morgan fingerprint density at radius 1 is 1.13 bits per heavy atom. The van der Waals surface area contributed by atoms with Crippen LogP contribution in [0.5, 0.6) is 0 Å². The highest BCUT2D eigenvalue weighted by molar-refractivity contribution is 5.92. The molecular formula is C8H9N3O4. The first-order valence-corrected chi connectivity index (χ1v) is 3.89. The Bertz CT molecular complexity index is 371. The molecule has 7 nitrogen and oxygen atoms in total. The van der Waals surface area contributed by atoms with E-state index in [4.69, 9.17) is 5.73 Å². The number of ether oxygens (including phenoxy) is 2. The van der Waals surface area contributed by atoms with E-state index in [0.717, 1.165) is 6.07 Å². The van der Waals surface area contributed by atoms with Gasteiger partial charge in [0.15, 0.2) is 11.4 Å². The zero-order chi connectivity index (χ0) is 11.4. The number of carbonyl (C=O) groups is 2. The van der Waals surface area contributed by atoms with Gasteiger partial charge in [-0.3, -0.25) is 0 Å². The van der Waals surface area contributed by atoms with Crippen molar-refractivity contribution in [1.82, 2.24) is 9.97 Å². The van der Waals surface area contributed by atoms with Crippen molar-refractivity contribution in [1.29, 1.82) is 0 Å². The van der Waals surface area contributed by atoms with Crippen LogP contribution in [0.3, 0.4) is 0 Å². The number of methoxy groups -OCH3 is 2. The van der Waals surface area contributed by atoms with E-state index in [2.05, 4.69) is 19.4 Å². The van der Waals surface area contributed by atoms with Crippen LogP contribution in [-0.4, -0.2) is 36.1 Å². The first-order chi connectivity index (χ1) is 7.08. The fraction of sp³-hybridized carbons (Fsp3) is 0.250. The summed E-state index contributed by atoms with van der Waals surface area (Å²) in [6, 6.07) is 1.15. The zero-order valence-corrected chi connectivity index (χ0v) is 8.18. The smallest absolute Gasteiger partial charge is 0.356 e. The molecule has 0 saturated heterocycles. The minimum atomic E-state index is -0.700. The van der Waals surface area contributed by atoms with Crippen LogP contribution in [0.1, 0.15) is 21.0 Å². The molecule has 0 aliphatic rings. The van der Waals surface area contributed by atoms with Gasteiger partial charge in [0.1, 0.15) is 0 Å². The molecule has 0 unspecified atom stereocenters. The van der Waals surface area contributed by atoms with Crippen LogP contribution in [0, 0.1) is 0 Å². The number of hydrogen-bond donors (Lipinski definition) is 1. The Hall–Kier alpha value is -2.18. The monoisotopic (exact) mass is 211 g/mol. The second kappa shape index (κ2) is 4.36. The van der Waals surface area contributed by atoms with Gasteiger partial charge >= 0.3 is 11.9 Å². The second-order valence-corrected chi connectivity index (χ2v) is 2.48. The van der Waals surface area contributed by atoms with Crippen LogP contribution in [0.4, 0.5) is 5.95 Å². The third kappa shape index (κ3) is 2.39. The number of rotatable bonds is 2. The van der Waals surface area contributed by atoms with Crippen LogP contribution < -0.4 is 5.73 Å². The summed E-state index contributed by atoms with van der Waals surface area (Å²) in [5.74, 6) is -1.60. The lowest BCUT2D eigenvalue weighted by Gasteiger charge is -2.02. The van der Waals surface area contributed by atoms with Gasteiger partial charge in [0.25, 0.3) is 0 Å². The molecule has 0 saturated carbocycles. The van der Waals surface area contributed by atoms with E-state index in [1.54, 1.807) is 0 Å². The average molecular weight is 211 g/mol. The molecule has 0 amide bonds. The molecule has 0 spiro atoms. The predicted molar refractivity (Wildman–Crippen MR) is 49.1 cm³/mol. The maximum atomic E-state index is 11.1. The lowest BCUT2D eigenvalue weighted by molar-refractivity contribution is 0.0590. The SMILES string of the molecule is COC(=O)c1cc(C(=O)OC)nc(N)n1. The summed E-state index contributed by atoms with van der Waals surface area (Å²) in [5, 5.41) is 0. The van der Waals surface area contributed by atoms with Crippen LogP contribution >= 0.6 is 0 Å². The van der Waals surface area contributed by atoms with E-state index in [-0.39, 0.29) is 17.3 Å². The van der Waals surface area contributed by atoms with Crippen molar-refractivity contribution >= 4 is 17.9 Å². The summed E-state index contributed by atoms with van der Waals surface area (Å²) < 4.78 is 8.85. The van der Waals surface area contributed by atoms with Gasteiger partial charge in [-0.2, -0.15) is 0 Å². The van der Waals surface area contributed by atoms with Gasteiger partial charge in [-0.1, -0.05) is 0 Å². The summed E-state index contributed by atoms with van der Waals surface area (Å²) in [7, 11) is 2.39. The molecule has 1 rings (SSSR count). The van der Waals surface area contributed by atoms with Crippen molar-refractivity contribution in [2.45, 2.75) is 0 Å². The highest BCUT2D eigenvalue weighted by atomic mass is 16.5. The molecule has 1 aromatic heterocycles. The molecule has 0 atom stereocenters. The lowest BCUT2D eigenvalue weighted by Crippen LogP contribution is -2.13. The van der Waals surface area contributed by atoms with Crippen molar-refractivity contribution in [3.63, 3.8) is 0 Å². The lowest BCUT2D eigenvalue weighted by atomic mass is 10.3. The molecule has 7 heteroatoms. The molecular weight excluding hydrogens is 202 g/mol. The molecule has 80 valence electrons. The number of esters is 2. The third-order valence-electron chi connectivity index (χ3n) is 1.53. The number of carbonyl (C=O) groups excluding carboxylic acids is 2. The average Bonchev–Trinajstić information content (AvgIpc) is 2.26. The number of hydrogen-bond acceptors (Lipinski definition) is 7. The number of nitrogens with two attached hydrogens (primary N) is 1. The molecule has 0 radical (unpaired) electrons. The largest absolute Gasteiger partial charge is 0.464 e. The normalized spacial score (nSPS) is 9.47. The molecule has 0 aliphatic heterocycles. The Kier molecular flexibility index (Phi) is 3.17.